The topological polar surface area (TPSA) is 79.9 Å². The van der Waals surface area contributed by atoms with Crippen LogP contribution in [0.5, 0.6) is 5.75 Å². The molecular formula is C11H9ClF2N4O2. The number of anilines is 1. The summed E-state index contributed by atoms with van der Waals surface area (Å²) in [4.78, 5) is 15.9. The third-order valence-electron chi connectivity index (χ3n) is 2.22. The minimum Gasteiger partial charge on any atom is -0.434 e. The van der Waals surface area contributed by atoms with Gasteiger partial charge in [0.25, 0.3) is 5.91 Å². The number of H-pyrrole nitrogens is 1. The van der Waals surface area contributed by atoms with Crippen LogP contribution in [0.25, 0.3) is 0 Å². The number of carbonyl (C=O) groups excluding carboxylic acids is 1. The lowest BCUT2D eigenvalue weighted by Gasteiger charge is -2.10. The first kappa shape index (κ1) is 14.2. The van der Waals surface area contributed by atoms with Gasteiger partial charge in [0.2, 0.25) is 5.95 Å². The van der Waals surface area contributed by atoms with Crippen molar-refractivity contribution in [2.45, 2.75) is 13.5 Å². The maximum absolute atomic E-state index is 12.3. The molecule has 0 bridgehead atoms. The first-order valence-electron chi connectivity index (χ1n) is 5.40. The number of carbonyl (C=O) groups is 1. The molecule has 0 radical (unpaired) electrons. The van der Waals surface area contributed by atoms with Crippen LogP contribution in [0.1, 0.15) is 16.2 Å². The van der Waals surface area contributed by atoms with Crippen molar-refractivity contribution < 1.29 is 18.3 Å². The van der Waals surface area contributed by atoms with E-state index in [9.17, 15) is 13.6 Å². The van der Waals surface area contributed by atoms with E-state index in [0.717, 1.165) is 0 Å². The number of ether oxygens (including phenoxy) is 1. The van der Waals surface area contributed by atoms with Crippen molar-refractivity contribution in [3.05, 3.63) is 34.6 Å². The van der Waals surface area contributed by atoms with Gasteiger partial charge >= 0.3 is 6.61 Å². The van der Waals surface area contributed by atoms with Crippen LogP contribution >= 0.6 is 11.6 Å². The van der Waals surface area contributed by atoms with E-state index in [4.69, 9.17) is 11.6 Å². The lowest BCUT2D eigenvalue weighted by atomic mass is 10.2. The van der Waals surface area contributed by atoms with E-state index >= 15 is 0 Å². The number of aromatic amines is 1. The summed E-state index contributed by atoms with van der Waals surface area (Å²) < 4.78 is 28.8. The molecule has 0 aliphatic heterocycles. The summed E-state index contributed by atoms with van der Waals surface area (Å²) in [5.41, 5.74) is -0.139. The minimum atomic E-state index is -3.05. The van der Waals surface area contributed by atoms with E-state index in [-0.39, 0.29) is 22.3 Å². The Morgan fingerprint density at radius 3 is 2.85 bits per heavy atom. The number of benzene rings is 1. The number of aromatic nitrogens is 3. The van der Waals surface area contributed by atoms with Crippen molar-refractivity contribution in [1.82, 2.24) is 15.2 Å². The molecule has 0 aliphatic rings. The molecule has 2 N–H and O–H groups in total. The molecule has 0 fully saturated rings. The Morgan fingerprint density at radius 1 is 1.50 bits per heavy atom. The van der Waals surface area contributed by atoms with E-state index in [1.807, 2.05) is 0 Å². The second-order valence-corrected chi connectivity index (χ2v) is 4.15. The van der Waals surface area contributed by atoms with Gasteiger partial charge in [-0.15, -0.1) is 5.10 Å². The summed E-state index contributed by atoms with van der Waals surface area (Å²) in [6.45, 7) is -1.40. The highest BCUT2D eigenvalue weighted by molar-refractivity contribution is 6.31. The van der Waals surface area contributed by atoms with Crippen LogP contribution in [0.15, 0.2) is 18.2 Å². The van der Waals surface area contributed by atoms with Crippen molar-refractivity contribution in [3.8, 4) is 5.75 Å². The number of amides is 1. The molecular weight excluding hydrogens is 294 g/mol. The zero-order valence-electron chi connectivity index (χ0n) is 10.2. The normalized spacial score (nSPS) is 10.7. The molecule has 0 atom stereocenters. The Bertz CT molecular complexity index is 633. The van der Waals surface area contributed by atoms with Crippen LogP contribution < -0.4 is 10.1 Å². The molecule has 2 rings (SSSR count). The molecule has 106 valence electrons. The summed E-state index contributed by atoms with van der Waals surface area (Å²) in [6.07, 6.45) is 0. The van der Waals surface area contributed by atoms with Crippen LogP contribution in [0.3, 0.4) is 0 Å². The van der Waals surface area contributed by atoms with E-state index in [2.05, 4.69) is 25.2 Å². The Morgan fingerprint density at radius 2 is 2.25 bits per heavy atom. The van der Waals surface area contributed by atoms with Gasteiger partial charge < -0.3 is 4.74 Å². The average molecular weight is 303 g/mol. The molecule has 2 aromatic rings. The Hall–Kier alpha value is -2.22. The molecule has 1 aromatic carbocycles. The zero-order chi connectivity index (χ0) is 14.7. The SMILES string of the molecule is Cc1nc(NC(=O)c2cc(Cl)ccc2OC(F)F)n[nH]1. The van der Waals surface area contributed by atoms with Gasteiger partial charge in [0.05, 0.1) is 5.56 Å². The highest BCUT2D eigenvalue weighted by Gasteiger charge is 2.17. The van der Waals surface area contributed by atoms with Crippen LogP contribution in [-0.4, -0.2) is 27.7 Å². The van der Waals surface area contributed by atoms with Crippen molar-refractivity contribution in [3.63, 3.8) is 0 Å². The summed E-state index contributed by atoms with van der Waals surface area (Å²) in [6, 6.07) is 3.74. The molecule has 0 spiro atoms. The lowest BCUT2D eigenvalue weighted by molar-refractivity contribution is -0.0501. The van der Waals surface area contributed by atoms with Gasteiger partial charge in [0, 0.05) is 5.02 Å². The van der Waals surface area contributed by atoms with Crippen LogP contribution in [0, 0.1) is 6.92 Å². The molecule has 0 aliphatic carbocycles. The number of aryl methyl sites for hydroxylation is 1. The molecule has 9 heteroatoms. The van der Waals surface area contributed by atoms with Gasteiger partial charge in [-0.1, -0.05) is 11.6 Å². The number of hydrogen-bond donors (Lipinski definition) is 2. The second-order valence-electron chi connectivity index (χ2n) is 3.72. The third-order valence-corrected chi connectivity index (χ3v) is 2.46. The molecule has 6 nitrogen and oxygen atoms in total. The fraction of sp³-hybridized carbons (Fsp3) is 0.182. The van der Waals surface area contributed by atoms with Gasteiger partial charge in [0.15, 0.2) is 0 Å². The van der Waals surface area contributed by atoms with Gasteiger partial charge in [-0.25, -0.2) is 0 Å². The maximum atomic E-state index is 12.3. The Kier molecular flexibility index (Phi) is 4.14. The predicted octanol–water partition coefficient (Wildman–Crippen LogP) is 2.62. The number of hydrogen-bond acceptors (Lipinski definition) is 4. The largest absolute Gasteiger partial charge is 0.434 e. The van der Waals surface area contributed by atoms with E-state index in [0.29, 0.717) is 5.82 Å². The quantitative estimate of drug-likeness (QED) is 0.910. The minimum absolute atomic E-state index is 0.0236. The number of nitrogens with one attached hydrogen (secondary N) is 2. The van der Waals surface area contributed by atoms with Crippen LogP contribution in [0.2, 0.25) is 5.02 Å². The molecule has 1 amide bonds. The summed E-state index contributed by atoms with van der Waals surface area (Å²) in [7, 11) is 0. The van der Waals surface area contributed by atoms with Crippen molar-refractivity contribution in [2.24, 2.45) is 0 Å². The van der Waals surface area contributed by atoms with Crippen LogP contribution in [0.4, 0.5) is 14.7 Å². The second kappa shape index (κ2) is 5.83. The van der Waals surface area contributed by atoms with Crippen molar-refractivity contribution in [1.29, 1.82) is 0 Å². The summed E-state index contributed by atoms with van der Waals surface area (Å²) >= 11 is 5.74. The van der Waals surface area contributed by atoms with Gasteiger partial charge in [-0.05, 0) is 25.1 Å². The van der Waals surface area contributed by atoms with Gasteiger partial charge in [-0.3, -0.25) is 15.2 Å². The summed E-state index contributed by atoms with van der Waals surface area (Å²) in [5.74, 6) is -0.470. The highest BCUT2D eigenvalue weighted by atomic mass is 35.5. The highest BCUT2D eigenvalue weighted by Crippen LogP contribution is 2.25. The first-order chi connectivity index (χ1) is 9.45. The smallest absolute Gasteiger partial charge is 0.387 e. The fourth-order valence-electron chi connectivity index (χ4n) is 1.45. The van der Waals surface area contributed by atoms with Crippen molar-refractivity contribution >= 4 is 23.5 Å². The van der Waals surface area contributed by atoms with E-state index < -0.39 is 12.5 Å². The third kappa shape index (κ3) is 3.41. The Balaban J connectivity index is 2.25. The average Bonchev–Trinajstić information content (AvgIpc) is 2.76. The number of alkyl halides is 2. The first-order valence-corrected chi connectivity index (χ1v) is 5.78. The predicted molar refractivity (Wildman–Crippen MR) is 67.2 cm³/mol. The number of halogens is 3. The molecule has 1 heterocycles. The van der Waals surface area contributed by atoms with Gasteiger partial charge in [-0.2, -0.15) is 13.8 Å². The van der Waals surface area contributed by atoms with Gasteiger partial charge in [0.1, 0.15) is 11.6 Å². The molecule has 1 aromatic heterocycles. The van der Waals surface area contributed by atoms with Crippen molar-refractivity contribution in [2.75, 3.05) is 5.32 Å². The summed E-state index contributed by atoms with van der Waals surface area (Å²) in [5, 5.41) is 8.79. The Labute approximate surface area is 117 Å². The standard InChI is InChI=1S/C11H9ClF2N4O2/c1-5-15-11(18-17-5)16-9(19)7-4-6(12)2-3-8(7)20-10(13)14/h2-4,10H,1H3,(H2,15,16,17,18,19). The zero-order valence-corrected chi connectivity index (χ0v) is 10.9. The van der Waals surface area contributed by atoms with E-state index in [1.165, 1.54) is 18.2 Å². The van der Waals surface area contributed by atoms with Crippen LogP contribution in [-0.2, 0) is 0 Å². The molecule has 0 saturated heterocycles. The molecule has 20 heavy (non-hydrogen) atoms. The fourth-order valence-corrected chi connectivity index (χ4v) is 1.62. The molecule has 0 unspecified atom stereocenters. The maximum Gasteiger partial charge on any atom is 0.387 e. The monoisotopic (exact) mass is 302 g/mol. The number of nitrogens with zero attached hydrogens (tertiary/aromatic N) is 2. The van der Waals surface area contributed by atoms with E-state index in [1.54, 1.807) is 6.92 Å². The molecule has 0 saturated carbocycles. The lowest BCUT2D eigenvalue weighted by Crippen LogP contribution is -2.16. The number of rotatable bonds is 4.